The molecule has 1 aromatic heterocycles. The Balaban J connectivity index is 1.77. The fourth-order valence-electron chi connectivity index (χ4n) is 3.14. The number of sulfonamides is 1. The Morgan fingerprint density at radius 1 is 1.09 bits per heavy atom. The minimum atomic E-state index is -4.03. The van der Waals surface area contributed by atoms with Gasteiger partial charge in [-0.25, -0.2) is 22.9 Å². The van der Waals surface area contributed by atoms with Gasteiger partial charge in [0.05, 0.1) is 16.3 Å². The van der Waals surface area contributed by atoms with E-state index in [9.17, 15) is 18.0 Å². The summed E-state index contributed by atoms with van der Waals surface area (Å²) in [5.41, 5.74) is 1.43. The third-order valence-corrected chi connectivity index (χ3v) is 6.79. The molecule has 0 bridgehead atoms. The van der Waals surface area contributed by atoms with Crippen LogP contribution in [0.2, 0.25) is 0 Å². The molecule has 3 N–H and O–H groups in total. The lowest BCUT2D eigenvalue weighted by atomic mass is 10.0. The summed E-state index contributed by atoms with van der Waals surface area (Å²) in [6.45, 7) is 3.91. The van der Waals surface area contributed by atoms with E-state index in [4.69, 9.17) is 5.26 Å². The van der Waals surface area contributed by atoms with E-state index in [1.165, 1.54) is 23.5 Å². The number of anilines is 2. The van der Waals surface area contributed by atoms with Gasteiger partial charge in [0, 0.05) is 10.9 Å². The quantitative estimate of drug-likeness (QED) is 0.375. The van der Waals surface area contributed by atoms with Gasteiger partial charge in [-0.1, -0.05) is 50.2 Å². The zero-order valence-corrected chi connectivity index (χ0v) is 20.1. The molecule has 1 heterocycles. The second-order valence-corrected chi connectivity index (χ2v) is 10.3. The highest BCUT2D eigenvalue weighted by Gasteiger charge is 2.22. The van der Waals surface area contributed by atoms with E-state index in [2.05, 4.69) is 15.6 Å². The maximum absolute atomic E-state index is 12.4. The number of nitrogens with one attached hydrogen (secondary N) is 3. The first kappa shape index (κ1) is 24.9. The fraction of sp³-hybridized carbons (Fsp3) is 0.217. The molecule has 176 valence electrons. The molecule has 9 nitrogen and oxygen atoms in total. The summed E-state index contributed by atoms with van der Waals surface area (Å²) in [5.74, 6) is -0.367. The van der Waals surface area contributed by atoms with Crippen molar-refractivity contribution in [2.45, 2.75) is 31.2 Å². The van der Waals surface area contributed by atoms with Gasteiger partial charge in [0.1, 0.15) is 12.1 Å². The highest BCUT2D eigenvalue weighted by Crippen LogP contribution is 2.31. The Morgan fingerprint density at radius 2 is 1.76 bits per heavy atom. The molecule has 0 aliphatic heterocycles. The maximum Gasteiger partial charge on any atom is 0.333 e. The lowest BCUT2D eigenvalue weighted by Crippen LogP contribution is -2.34. The number of urea groups is 1. The Kier molecular flexibility index (Phi) is 7.99. The molecule has 0 fully saturated rings. The van der Waals surface area contributed by atoms with Crippen LogP contribution in [-0.4, -0.2) is 31.3 Å². The average Bonchev–Trinajstić information content (AvgIpc) is 3.26. The number of para-hydroxylation sites is 1. The van der Waals surface area contributed by atoms with Gasteiger partial charge in [-0.15, -0.1) is 11.3 Å². The topological polar surface area (TPSA) is 141 Å². The van der Waals surface area contributed by atoms with Crippen LogP contribution in [0.15, 0.2) is 64.9 Å². The molecule has 0 saturated heterocycles. The van der Waals surface area contributed by atoms with Gasteiger partial charge in [0.25, 0.3) is 15.8 Å². The van der Waals surface area contributed by atoms with Gasteiger partial charge in [0.2, 0.25) is 0 Å². The number of Topliss-reactive ketones (excluding diaryl/α,β-unsaturated/α-hetero) is 1. The molecule has 0 unspecified atom stereocenters. The van der Waals surface area contributed by atoms with E-state index >= 15 is 0 Å². The number of carbonyl (C=O) groups is 2. The van der Waals surface area contributed by atoms with E-state index in [0.717, 1.165) is 0 Å². The lowest BCUT2D eigenvalue weighted by molar-refractivity contribution is -0.115. The summed E-state index contributed by atoms with van der Waals surface area (Å²) >= 11 is 1.25. The van der Waals surface area contributed by atoms with Crippen molar-refractivity contribution in [2.24, 2.45) is 5.92 Å². The summed E-state index contributed by atoms with van der Waals surface area (Å²) in [4.78, 5) is 28.9. The van der Waals surface area contributed by atoms with E-state index in [-0.39, 0.29) is 10.8 Å². The number of hydrogen-bond donors (Lipinski definition) is 3. The Morgan fingerprint density at radius 3 is 2.44 bits per heavy atom. The zero-order valence-electron chi connectivity index (χ0n) is 18.5. The second kappa shape index (κ2) is 10.9. The predicted octanol–water partition coefficient (Wildman–Crippen LogP) is 4.24. The Bertz CT molecular complexity index is 1310. The molecule has 0 radical (unpaired) electrons. The van der Waals surface area contributed by atoms with Crippen LogP contribution in [-0.2, 0) is 14.8 Å². The maximum atomic E-state index is 12.4. The predicted molar refractivity (Wildman–Crippen MR) is 131 cm³/mol. The third kappa shape index (κ3) is 6.40. The number of benzene rings is 2. The number of nitrogens with zero attached hydrogens (tertiary/aromatic N) is 2. The van der Waals surface area contributed by atoms with Crippen molar-refractivity contribution in [1.29, 1.82) is 5.26 Å². The van der Waals surface area contributed by atoms with Crippen molar-refractivity contribution in [1.82, 2.24) is 9.71 Å². The van der Waals surface area contributed by atoms with Crippen molar-refractivity contribution < 1.29 is 18.0 Å². The third-order valence-electron chi connectivity index (χ3n) is 4.67. The molecule has 2 amide bonds. The fourth-order valence-corrected chi connectivity index (χ4v) is 4.83. The van der Waals surface area contributed by atoms with Gasteiger partial charge in [0.15, 0.2) is 5.13 Å². The number of aromatic nitrogens is 1. The average molecular weight is 498 g/mol. The van der Waals surface area contributed by atoms with E-state index in [1.807, 2.05) is 18.6 Å². The first-order valence-corrected chi connectivity index (χ1v) is 12.7. The van der Waals surface area contributed by atoms with E-state index in [1.54, 1.807) is 53.9 Å². The minimum Gasteiger partial charge on any atom is -0.351 e. The van der Waals surface area contributed by atoms with Crippen LogP contribution in [0, 0.1) is 17.2 Å². The molecule has 2 aromatic carbocycles. The van der Waals surface area contributed by atoms with Crippen molar-refractivity contribution >= 4 is 44.0 Å². The Labute approximate surface area is 201 Å². The molecule has 3 rings (SSSR count). The van der Waals surface area contributed by atoms with E-state index in [0.29, 0.717) is 28.5 Å². The molecule has 11 heteroatoms. The van der Waals surface area contributed by atoms with Gasteiger partial charge in [-0.05, 0) is 30.5 Å². The molecule has 0 saturated carbocycles. The normalized spacial score (nSPS) is 11.9. The van der Waals surface area contributed by atoms with Crippen molar-refractivity contribution in [3.05, 3.63) is 60.0 Å². The molecular weight excluding hydrogens is 474 g/mol. The van der Waals surface area contributed by atoms with Crippen LogP contribution in [0.4, 0.5) is 15.6 Å². The lowest BCUT2D eigenvalue weighted by Gasteiger charge is -2.15. The van der Waals surface area contributed by atoms with Crippen molar-refractivity contribution in [2.75, 3.05) is 10.6 Å². The number of hydrogen-bond acceptors (Lipinski definition) is 8. The van der Waals surface area contributed by atoms with Gasteiger partial charge >= 0.3 is 6.03 Å². The standard InChI is InChI=1S/C23H23N5O4S2/c1-15(2)12-19(21(29)13-24)26-23-27-20(14-33-23)17-10-6-7-11-18(17)25-22(30)28-34(31,32)16-8-4-3-5-9-16/h3-11,14-15,19H,12H2,1-2H3,(H,26,27)(H2,25,28,30)/t19-/m0/s1. The molecule has 0 aliphatic carbocycles. The summed E-state index contributed by atoms with van der Waals surface area (Å²) in [6.07, 6.45) is 0.482. The molecular formula is C23H23N5O4S2. The number of carbonyl (C=O) groups excluding carboxylic acids is 2. The largest absolute Gasteiger partial charge is 0.351 e. The first-order chi connectivity index (χ1) is 16.2. The van der Waals surface area contributed by atoms with Crippen molar-refractivity contribution in [3.63, 3.8) is 0 Å². The number of rotatable bonds is 9. The van der Waals surface area contributed by atoms with Crippen LogP contribution < -0.4 is 15.4 Å². The highest BCUT2D eigenvalue weighted by atomic mass is 32.2. The van der Waals surface area contributed by atoms with Crippen LogP contribution >= 0.6 is 11.3 Å². The summed E-state index contributed by atoms with van der Waals surface area (Å²) in [6, 6.07) is 14.4. The van der Waals surface area contributed by atoms with Crippen LogP contribution in [0.1, 0.15) is 20.3 Å². The molecule has 34 heavy (non-hydrogen) atoms. The van der Waals surface area contributed by atoms with Gasteiger partial charge in [-0.2, -0.15) is 5.26 Å². The number of thiazole rings is 1. The summed E-state index contributed by atoms with van der Waals surface area (Å²) < 4.78 is 26.8. The first-order valence-electron chi connectivity index (χ1n) is 10.3. The second-order valence-electron chi connectivity index (χ2n) is 7.76. The molecule has 1 atom stereocenters. The van der Waals surface area contributed by atoms with Gasteiger partial charge in [-0.3, -0.25) is 4.79 Å². The SMILES string of the molecule is CC(C)C[C@H](Nc1nc(-c2ccccc2NC(=O)NS(=O)(=O)c2ccccc2)cs1)C(=O)C#N. The zero-order chi connectivity index (χ0) is 24.7. The molecule has 3 aromatic rings. The van der Waals surface area contributed by atoms with Crippen molar-refractivity contribution in [3.8, 4) is 17.3 Å². The van der Waals surface area contributed by atoms with Crippen LogP contribution in [0.25, 0.3) is 11.3 Å². The number of ketones is 1. The van der Waals surface area contributed by atoms with E-state index < -0.39 is 27.9 Å². The number of nitriles is 1. The number of amides is 2. The minimum absolute atomic E-state index is 0.0310. The monoisotopic (exact) mass is 497 g/mol. The molecule has 0 aliphatic rings. The van der Waals surface area contributed by atoms with Crippen LogP contribution in [0.3, 0.4) is 0 Å². The van der Waals surface area contributed by atoms with Crippen LogP contribution in [0.5, 0.6) is 0 Å². The Hall–Kier alpha value is -3.75. The molecule has 0 spiro atoms. The summed E-state index contributed by atoms with van der Waals surface area (Å²) in [7, 11) is -4.03. The smallest absolute Gasteiger partial charge is 0.333 e. The highest BCUT2D eigenvalue weighted by molar-refractivity contribution is 7.90. The van der Waals surface area contributed by atoms with Gasteiger partial charge < -0.3 is 10.6 Å². The summed E-state index contributed by atoms with van der Waals surface area (Å²) in [5, 5.41) is 16.8.